The molecule has 0 aliphatic carbocycles. The van der Waals surface area contributed by atoms with Crippen LogP contribution in [0.15, 0.2) is 5.38 Å². The molecule has 0 radical (unpaired) electrons. The molecule has 1 unspecified atom stereocenters. The molecule has 0 saturated heterocycles. The van der Waals surface area contributed by atoms with Gasteiger partial charge in [-0.3, -0.25) is 9.59 Å². The average molecular weight is 320 g/mol. The highest BCUT2D eigenvalue weighted by molar-refractivity contribution is 7.92. The normalized spacial score (nSPS) is 12.9. The summed E-state index contributed by atoms with van der Waals surface area (Å²) < 4.78 is 22.5. The zero-order valence-electron chi connectivity index (χ0n) is 11.1. The fourth-order valence-electron chi connectivity index (χ4n) is 1.30. The van der Waals surface area contributed by atoms with Gasteiger partial charge in [0, 0.05) is 18.1 Å². The van der Waals surface area contributed by atoms with Crippen molar-refractivity contribution in [1.29, 1.82) is 0 Å². The van der Waals surface area contributed by atoms with Crippen molar-refractivity contribution in [2.75, 3.05) is 11.6 Å². The Hall–Kier alpha value is -1.48. The Bertz CT molecular complexity index is 594. The van der Waals surface area contributed by atoms with E-state index in [1.165, 1.54) is 18.3 Å². The maximum atomic E-state index is 11.7. The highest BCUT2D eigenvalue weighted by atomic mass is 32.2. The number of carbonyl (C=O) groups is 2. The predicted molar refractivity (Wildman–Crippen MR) is 75.6 cm³/mol. The first-order chi connectivity index (χ1) is 9.20. The number of carboxylic acid groups (broad SMARTS) is 1. The van der Waals surface area contributed by atoms with Crippen LogP contribution >= 0.6 is 11.3 Å². The number of nitrogens with zero attached hydrogens (tertiary/aromatic N) is 1. The lowest BCUT2D eigenvalue weighted by Gasteiger charge is -2.07. The third-order valence-corrected chi connectivity index (χ3v) is 4.92. The number of aryl methyl sites for hydroxylation is 1. The molecule has 9 heteroatoms. The monoisotopic (exact) mass is 320 g/mol. The van der Waals surface area contributed by atoms with Gasteiger partial charge in [0.15, 0.2) is 15.0 Å². The lowest BCUT2D eigenvalue weighted by Crippen LogP contribution is -2.31. The van der Waals surface area contributed by atoms with Crippen LogP contribution in [0.3, 0.4) is 0 Å². The van der Waals surface area contributed by atoms with Gasteiger partial charge in [-0.25, -0.2) is 13.4 Å². The second kappa shape index (κ2) is 6.80. The molecule has 0 fully saturated rings. The van der Waals surface area contributed by atoms with E-state index < -0.39 is 27.0 Å². The number of amides is 1. The number of hydrogen-bond acceptors (Lipinski definition) is 6. The largest absolute Gasteiger partial charge is 0.481 e. The molecule has 0 spiro atoms. The van der Waals surface area contributed by atoms with Gasteiger partial charge in [0.1, 0.15) is 5.25 Å². The fraction of sp³-hybridized carbons (Fsp3) is 0.545. The first-order valence-electron chi connectivity index (χ1n) is 5.86. The summed E-state index contributed by atoms with van der Waals surface area (Å²) in [6.07, 6.45) is 2.02. The van der Waals surface area contributed by atoms with Crippen LogP contribution in [-0.4, -0.2) is 41.9 Å². The minimum absolute atomic E-state index is 0.0599. The first-order valence-corrected chi connectivity index (χ1v) is 8.69. The summed E-state index contributed by atoms with van der Waals surface area (Å²) in [5.41, 5.74) is 0.679. The molecule has 0 bridgehead atoms. The fourth-order valence-corrected chi connectivity index (χ4v) is 2.50. The maximum Gasteiger partial charge on any atom is 0.303 e. The van der Waals surface area contributed by atoms with E-state index >= 15 is 0 Å². The number of carbonyl (C=O) groups excluding carboxylic acids is 1. The molecule has 0 saturated carbocycles. The topological polar surface area (TPSA) is 113 Å². The van der Waals surface area contributed by atoms with Crippen molar-refractivity contribution < 1.29 is 23.1 Å². The Labute approximate surface area is 121 Å². The van der Waals surface area contributed by atoms with Crippen molar-refractivity contribution in [1.82, 2.24) is 4.98 Å². The molecule has 0 aliphatic heterocycles. The SMILES string of the molecule is CC(C(=O)Nc1nc(CCCC(=O)O)cs1)S(C)(=O)=O. The van der Waals surface area contributed by atoms with Crippen LogP contribution < -0.4 is 5.32 Å². The maximum absolute atomic E-state index is 11.7. The van der Waals surface area contributed by atoms with Crippen LogP contribution in [0.4, 0.5) is 5.13 Å². The smallest absolute Gasteiger partial charge is 0.303 e. The molecule has 1 heterocycles. The summed E-state index contributed by atoms with van der Waals surface area (Å²) in [6, 6.07) is 0. The highest BCUT2D eigenvalue weighted by Crippen LogP contribution is 2.17. The molecule has 1 aromatic heterocycles. The zero-order valence-corrected chi connectivity index (χ0v) is 12.8. The van der Waals surface area contributed by atoms with Gasteiger partial charge < -0.3 is 10.4 Å². The number of thiazole rings is 1. The van der Waals surface area contributed by atoms with Crippen LogP contribution in [0.2, 0.25) is 0 Å². The summed E-state index contributed by atoms with van der Waals surface area (Å²) >= 11 is 1.18. The molecule has 0 aliphatic rings. The third kappa shape index (κ3) is 5.25. The van der Waals surface area contributed by atoms with Gasteiger partial charge in [-0.05, 0) is 19.8 Å². The number of anilines is 1. The van der Waals surface area contributed by atoms with Crippen LogP contribution in [0.5, 0.6) is 0 Å². The number of rotatable bonds is 7. The average Bonchev–Trinajstić information content (AvgIpc) is 2.74. The van der Waals surface area contributed by atoms with Crippen molar-refractivity contribution in [2.45, 2.75) is 31.4 Å². The molecular weight excluding hydrogens is 304 g/mol. The zero-order chi connectivity index (χ0) is 15.3. The number of aliphatic carboxylic acids is 1. The van der Waals surface area contributed by atoms with Gasteiger partial charge in [0.25, 0.3) is 0 Å². The second-order valence-corrected chi connectivity index (χ2v) is 7.58. The molecule has 2 N–H and O–H groups in total. The molecule has 112 valence electrons. The summed E-state index contributed by atoms with van der Waals surface area (Å²) in [7, 11) is -3.44. The van der Waals surface area contributed by atoms with Crippen LogP contribution in [-0.2, 0) is 25.8 Å². The van der Waals surface area contributed by atoms with Gasteiger partial charge >= 0.3 is 5.97 Å². The van der Waals surface area contributed by atoms with Crippen molar-refractivity contribution >= 4 is 38.2 Å². The number of sulfone groups is 1. The molecule has 0 aromatic carbocycles. The Kier molecular flexibility index (Phi) is 5.63. The van der Waals surface area contributed by atoms with Crippen LogP contribution in [0.25, 0.3) is 0 Å². The van der Waals surface area contributed by atoms with E-state index in [0.29, 0.717) is 23.7 Å². The van der Waals surface area contributed by atoms with E-state index in [2.05, 4.69) is 10.3 Å². The van der Waals surface area contributed by atoms with E-state index in [-0.39, 0.29) is 6.42 Å². The Balaban J connectivity index is 2.56. The third-order valence-electron chi connectivity index (χ3n) is 2.62. The predicted octanol–water partition coefficient (Wildman–Crippen LogP) is 0.922. The molecule has 20 heavy (non-hydrogen) atoms. The summed E-state index contributed by atoms with van der Waals surface area (Å²) in [4.78, 5) is 26.2. The minimum Gasteiger partial charge on any atom is -0.481 e. The lowest BCUT2D eigenvalue weighted by molar-refractivity contribution is -0.137. The molecule has 1 rings (SSSR count). The van der Waals surface area contributed by atoms with E-state index in [1.807, 2.05) is 0 Å². The number of hydrogen-bond donors (Lipinski definition) is 2. The van der Waals surface area contributed by atoms with Crippen molar-refractivity contribution in [3.8, 4) is 0 Å². The highest BCUT2D eigenvalue weighted by Gasteiger charge is 2.24. The molecule has 1 aromatic rings. The van der Waals surface area contributed by atoms with E-state index in [0.717, 1.165) is 6.26 Å². The lowest BCUT2D eigenvalue weighted by atomic mass is 10.2. The van der Waals surface area contributed by atoms with Crippen molar-refractivity contribution in [3.63, 3.8) is 0 Å². The van der Waals surface area contributed by atoms with Gasteiger partial charge in [-0.15, -0.1) is 11.3 Å². The molecule has 1 atom stereocenters. The molecular formula is C11H16N2O5S2. The summed E-state index contributed by atoms with van der Waals surface area (Å²) in [5, 5.41) is 11.9. The Morgan fingerprint density at radius 3 is 2.70 bits per heavy atom. The van der Waals surface area contributed by atoms with Gasteiger partial charge in [0.05, 0.1) is 5.69 Å². The second-order valence-electron chi connectivity index (χ2n) is 4.35. The van der Waals surface area contributed by atoms with E-state index in [4.69, 9.17) is 5.11 Å². The van der Waals surface area contributed by atoms with E-state index in [1.54, 1.807) is 5.38 Å². The number of carboxylic acids is 1. The summed E-state index contributed by atoms with van der Waals surface area (Å²) in [5.74, 6) is -1.49. The van der Waals surface area contributed by atoms with Gasteiger partial charge in [0.2, 0.25) is 5.91 Å². The minimum atomic E-state index is -3.44. The van der Waals surface area contributed by atoms with Crippen molar-refractivity contribution in [2.24, 2.45) is 0 Å². The van der Waals surface area contributed by atoms with Crippen LogP contribution in [0.1, 0.15) is 25.5 Å². The Morgan fingerprint density at radius 1 is 1.50 bits per heavy atom. The molecule has 7 nitrogen and oxygen atoms in total. The molecule has 1 amide bonds. The Morgan fingerprint density at radius 2 is 2.15 bits per heavy atom. The van der Waals surface area contributed by atoms with Crippen LogP contribution in [0, 0.1) is 0 Å². The van der Waals surface area contributed by atoms with Crippen molar-refractivity contribution in [3.05, 3.63) is 11.1 Å². The van der Waals surface area contributed by atoms with Gasteiger partial charge in [-0.1, -0.05) is 0 Å². The quantitative estimate of drug-likeness (QED) is 0.772. The van der Waals surface area contributed by atoms with E-state index in [9.17, 15) is 18.0 Å². The standard InChI is InChI=1S/C11H16N2O5S2/c1-7(20(2,17)18)10(16)13-11-12-8(6-19-11)4-3-5-9(14)15/h6-7H,3-5H2,1-2H3,(H,14,15)(H,12,13,16). The number of nitrogens with one attached hydrogen (secondary N) is 1. The van der Waals surface area contributed by atoms with Gasteiger partial charge in [-0.2, -0.15) is 0 Å². The summed E-state index contributed by atoms with van der Waals surface area (Å²) in [6.45, 7) is 1.31. The number of aromatic nitrogens is 1. The first kappa shape index (κ1) is 16.6.